The van der Waals surface area contributed by atoms with Crippen LogP contribution >= 0.6 is 0 Å². The molecule has 0 unspecified atom stereocenters. The van der Waals surface area contributed by atoms with E-state index in [2.05, 4.69) is 0 Å². The second-order valence-electron chi connectivity index (χ2n) is 3.60. The minimum absolute atomic E-state index is 0.618. The molecule has 1 aliphatic rings. The van der Waals surface area contributed by atoms with E-state index in [-0.39, 0.29) is 0 Å². The van der Waals surface area contributed by atoms with Gasteiger partial charge in [0.1, 0.15) is 13.6 Å². The fourth-order valence-electron chi connectivity index (χ4n) is 1.57. The molecule has 0 spiro atoms. The maximum Gasteiger partial charge on any atom is 0.123 e. The van der Waals surface area contributed by atoms with Crippen LogP contribution in [0.2, 0.25) is 1.41 Å². The summed E-state index contributed by atoms with van der Waals surface area (Å²) < 4.78 is 7.55. The molecule has 0 radical (unpaired) electrons. The highest BCUT2D eigenvalue weighted by molar-refractivity contribution is 4.99. The van der Waals surface area contributed by atoms with Gasteiger partial charge in [0.15, 0.2) is 0 Å². The van der Waals surface area contributed by atoms with Crippen LogP contribution in [0.25, 0.3) is 0 Å². The SMILES string of the molecule is [2H]N1[C@@H]([C@H](O)CO)[C@H](O)[C@@H](O)[C@@H](O)[C@H]1C. The number of aliphatic hydroxyl groups excluding tert-OH is 5. The van der Waals surface area contributed by atoms with E-state index in [0.717, 1.165) is 5.31 Å². The third kappa shape index (κ3) is 2.05. The summed E-state index contributed by atoms with van der Waals surface area (Å²) in [5, 5.41) is 47.4. The van der Waals surface area contributed by atoms with Gasteiger partial charge in [-0.1, -0.05) is 0 Å². The Kier molecular flexibility index (Phi) is 3.32. The molecule has 6 atom stereocenters. The molecule has 6 nitrogen and oxygen atoms in total. The summed E-state index contributed by atoms with van der Waals surface area (Å²) in [6.45, 7) is 0.872. The Labute approximate surface area is 83.3 Å². The zero-order valence-corrected chi connectivity index (χ0v) is 7.85. The standard InChI is InChI=1S/C8H17NO5/c1-3-6(12)8(14)7(13)5(9-3)4(11)2-10/h3-14H,2H2,1H3/t3-,4-,5+,6+,7+,8+/m1/s1/i/hD. The Morgan fingerprint density at radius 2 is 1.86 bits per heavy atom. The number of nitrogens with one attached hydrogen (secondary N) is 1. The van der Waals surface area contributed by atoms with Crippen LogP contribution in [0.5, 0.6) is 0 Å². The molecule has 6 N–H and O–H groups in total. The van der Waals surface area contributed by atoms with Crippen molar-refractivity contribution in [1.82, 2.24) is 5.31 Å². The summed E-state index contributed by atoms with van der Waals surface area (Å²) in [5.41, 5.74) is 0. The molecule has 0 aromatic carbocycles. The summed E-state index contributed by atoms with van der Waals surface area (Å²) >= 11 is 0. The highest BCUT2D eigenvalue weighted by Gasteiger charge is 2.42. The molecule has 0 aromatic heterocycles. The van der Waals surface area contributed by atoms with Gasteiger partial charge in [-0.05, 0) is 6.92 Å². The van der Waals surface area contributed by atoms with Gasteiger partial charge in [-0.3, -0.25) is 0 Å². The molecule has 14 heavy (non-hydrogen) atoms. The first-order chi connectivity index (χ1) is 6.91. The van der Waals surface area contributed by atoms with E-state index in [1.165, 1.54) is 6.92 Å². The fraction of sp³-hybridized carbons (Fsp3) is 1.00. The van der Waals surface area contributed by atoms with Crippen LogP contribution in [0.4, 0.5) is 0 Å². The van der Waals surface area contributed by atoms with Crippen LogP contribution < -0.4 is 5.31 Å². The number of hydrogen-bond acceptors (Lipinski definition) is 6. The summed E-state index contributed by atoms with van der Waals surface area (Å²) in [6, 6.07) is -1.84. The van der Waals surface area contributed by atoms with E-state index in [1.54, 1.807) is 0 Å². The van der Waals surface area contributed by atoms with E-state index in [0.29, 0.717) is 0 Å². The quantitative estimate of drug-likeness (QED) is 0.285. The second-order valence-corrected chi connectivity index (χ2v) is 3.60. The van der Waals surface area contributed by atoms with Crippen LogP contribution in [0.1, 0.15) is 6.92 Å². The molecule has 1 rings (SSSR count). The highest BCUT2D eigenvalue weighted by Crippen LogP contribution is 2.17. The molecular weight excluding hydrogens is 190 g/mol. The lowest BCUT2D eigenvalue weighted by molar-refractivity contribution is -0.132. The predicted octanol–water partition coefficient (Wildman–Crippen LogP) is -3.22. The van der Waals surface area contributed by atoms with Gasteiger partial charge in [0.05, 0.1) is 24.9 Å². The van der Waals surface area contributed by atoms with Gasteiger partial charge < -0.3 is 30.8 Å². The van der Waals surface area contributed by atoms with E-state index in [9.17, 15) is 20.4 Å². The van der Waals surface area contributed by atoms with E-state index in [4.69, 9.17) is 6.52 Å². The normalized spacial score (nSPS) is 48.7. The summed E-state index contributed by atoms with van der Waals surface area (Å²) in [6.07, 6.45) is -5.47. The smallest absolute Gasteiger partial charge is 0.123 e. The first kappa shape index (κ1) is 10.3. The molecule has 6 heteroatoms. The van der Waals surface area contributed by atoms with Crippen molar-refractivity contribution >= 4 is 0 Å². The van der Waals surface area contributed by atoms with Gasteiger partial charge in [-0.25, -0.2) is 0 Å². The monoisotopic (exact) mass is 208 g/mol. The van der Waals surface area contributed by atoms with Gasteiger partial charge in [-0.2, -0.15) is 0 Å². The van der Waals surface area contributed by atoms with Gasteiger partial charge in [-0.15, -0.1) is 0 Å². The van der Waals surface area contributed by atoms with Crippen LogP contribution in [-0.4, -0.2) is 68.6 Å². The number of aliphatic hydroxyl groups is 5. The third-order valence-corrected chi connectivity index (χ3v) is 2.53. The van der Waals surface area contributed by atoms with Gasteiger partial charge >= 0.3 is 0 Å². The van der Waals surface area contributed by atoms with Crippen LogP contribution in [0.3, 0.4) is 0 Å². The predicted molar refractivity (Wildman–Crippen MR) is 47.5 cm³/mol. The lowest BCUT2D eigenvalue weighted by Crippen LogP contribution is -2.67. The Bertz CT molecular complexity index is 203. The molecule has 1 heterocycles. The molecular formula is C8H17NO5. The van der Waals surface area contributed by atoms with Crippen molar-refractivity contribution in [2.45, 2.75) is 43.4 Å². The maximum atomic E-state index is 9.55. The van der Waals surface area contributed by atoms with Gasteiger partial charge in [0, 0.05) is 6.04 Å². The third-order valence-electron chi connectivity index (χ3n) is 2.53. The Hall–Kier alpha value is -0.240. The average molecular weight is 208 g/mol. The minimum Gasteiger partial charge on any atom is -0.394 e. The van der Waals surface area contributed by atoms with Crippen molar-refractivity contribution in [2.24, 2.45) is 0 Å². The van der Waals surface area contributed by atoms with E-state index >= 15 is 0 Å². The number of hydrogen-bond donors (Lipinski definition) is 6. The lowest BCUT2D eigenvalue weighted by atomic mass is 9.88. The molecule has 1 fully saturated rings. The average Bonchev–Trinajstić information content (AvgIpc) is 2.23. The summed E-state index contributed by atoms with van der Waals surface area (Å²) in [7, 11) is 0. The first-order valence-corrected chi connectivity index (χ1v) is 4.52. The van der Waals surface area contributed by atoms with Crippen LogP contribution in [-0.2, 0) is 0 Å². The molecule has 1 saturated heterocycles. The molecule has 1 aliphatic heterocycles. The van der Waals surface area contributed by atoms with Crippen LogP contribution in [0.15, 0.2) is 0 Å². The maximum absolute atomic E-state index is 9.55. The zero-order chi connectivity index (χ0) is 11.7. The first-order valence-electron chi connectivity index (χ1n) is 4.96. The van der Waals surface area contributed by atoms with Gasteiger partial charge in [0.2, 0.25) is 0 Å². The van der Waals surface area contributed by atoms with Crippen molar-refractivity contribution in [3.8, 4) is 0 Å². The Balaban J connectivity index is 2.86. The summed E-state index contributed by atoms with van der Waals surface area (Å²) in [4.78, 5) is 0. The Morgan fingerprint density at radius 1 is 1.29 bits per heavy atom. The van der Waals surface area contributed by atoms with Crippen molar-refractivity contribution in [2.75, 3.05) is 6.61 Å². The lowest BCUT2D eigenvalue weighted by Gasteiger charge is -2.41. The Morgan fingerprint density at radius 3 is 2.36 bits per heavy atom. The molecule has 0 aliphatic carbocycles. The fourth-order valence-corrected chi connectivity index (χ4v) is 1.57. The zero-order valence-electron chi connectivity index (χ0n) is 8.85. The van der Waals surface area contributed by atoms with E-state index in [1.807, 2.05) is 0 Å². The molecule has 0 aromatic rings. The van der Waals surface area contributed by atoms with Crippen molar-refractivity contribution in [3.05, 3.63) is 0 Å². The molecule has 0 amide bonds. The summed E-state index contributed by atoms with van der Waals surface area (Å²) in [5.74, 6) is 0. The minimum atomic E-state index is -1.46. The topological polar surface area (TPSA) is 113 Å². The van der Waals surface area contributed by atoms with Crippen molar-refractivity contribution in [3.63, 3.8) is 0 Å². The van der Waals surface area contributed by atoms with Crippen molar-refractivity contribution in [1.29, 1.82) is 0 Å². The number of rotatable bonds is 2. The van der Waals surface area contributed by atoms with Gasteiger partial charge in [0.25, 0.3) is 0 Å². The molecule has 0 bridgehead atoms. The largest absolute Gasteiger partial charge is 0.394 e. The second kappa shape index (κ2) is 4.52. The van der Waals surface area contributed by atoms with Crippen LogP contribution in [0, 0.1) is 0 Å². The van der Waals surface area contributed by atoms with Crippen molar-refractivity contribution < 1.29 is 26.9 Å². The number of piperidine rings is 1. The highest BCUT2D eigenvalue weighted by atomic mass is 16.4. The molecule has 0 saturated carbocycles. The molecule has 84 valence electrons. The van der Waals surface area contributed by atoms with E-state index < -0.39 is 43.1 Å².